The molecule has 2 aromatic rings. The van der Waals surface area contributed by atoms with Gasteiger partial charge in [0.05, 0.1) is 24.6 Å². The van der Waals surface area contributed by atoms with E-state index in [4.69, 9.17) is 4.74 Å². The first kappa shape index (κ1) is 24.1. The van der Waals surface area contributed by atoms with Crippen molar-refractivity contribution in [3.05, 3.63) is 59.2 Å². The van der Waals surface area contributed by atoms with E-state index in [1.165, 1.54) is 28.3 Å². The number of amides is 1. The van der Waals surface area contributed by atoms with E-state index in [9.17, 15) is 13.2 Å². The smallest absolute Gasteiger partial charge is 0.244 e. The second-order valence-electron chi connectivity index (χ2n) is 8.38. The Hall–Kier alpha value is -2.54. The molecule has 0 heterocycles. The van der Waals surface area contributed by atoms with Gasteiger partial charge < -0.3 is 10.1 Å². The van der Waals surface area contributed by atoms with Gasteiger partial charge in [0.25, 0.3) is 0 Å². The normalized spacial score (nSPS) is 15.4. The zero-order valence-corrected chi connectivity index (χ0v) is 20.2. The number of hydrogen-bond acceptors (Lipinski definition) is 4. The molecule has 1 aliphatic carbocycles. The number of fused-ring (bicyclic) bond motifs is 1. The molecule has 32 heavy (non-hydrogen) atoms. The van der Waals surface area contributed by atoms with E-state index < -0.39 is 16.1 Å². The van der Waals surface area contributed by atoms with Gasteiger partial charge in [-0.15, -0.1) is 0 Å². The van der Waals surface area contributed by atoms with Crippen molar-refractivity contribution < 1.29 is 17.9 Å². The van der Waals surface area contributed by atoms with E-state index in [2.05, 4.69) is 23.5 Å². The van der Waals surface area contributed by atoms with Gasteiger partial charge in [-0.3, -0.25) is 9.10 Å². The van der Waals surface area contributed by atoms with Gasteiger partial charge in [0.2, 0.25) is 15.9 Å². The van der Waals surface area contributed by atoms with E-state index in [1.807, 2.05) is 20.8 Å². The van der Waals surface area contributed by atoms with Crippen LogP contribution >= 0.6 is 0 Å². The maximum absolute atomic E-state index is 13.2. The summed E-state index contributed by atoms with van der Waals surface area (Å²) < 4.78 is 32.0. The van der Waals surface area contributed by atoms with Gasteiger partial charge in [0, 0.05) is 0 Å². The number of nitrogens with zero attached hydrogens (tertiary/aromatic N) is 1. The molecular weight excluding hydrogens is 424 g/mol. The Labute approximate surface area is 192 Å². The minimum absolute atomic E-state index is 0.217. The largest absolute Gasteiger partial charge is 0.494 e. The number of rotatable bonds is 9. The lowest BCUT2D eigenvalue weighted by Gasteiger charge is -2.31. The Morgan fingerprint density at radius 2 is 1.72 bits per heavy atom. The van der Waals surface area contributed by atoms with Crippen molar-refractivity contribution in [1.29, 1.82) is 0 Å². The van der Waals surface area contributed by atoms with Gasteiger partial charge in [0.15, 0.2) is 0 Å². The summed E-state index contributed by atoms with van der Waals surface area (Å²) in [4.78, 5) is 13.2. The first-order valence-corrected chi connectivity index (χ1v) is 13.2. The minimum Gasteiger partial charge on any atom is -0.494 e. The SMILES string of the molecule is CCOc1ccc(N([C@H](CC)C(=O)N[C@H](C)c2ccc3c(c2)CCCC3)S(C)(=O)=O)cc1. The Balaban J connectivity index is 1.81. The van der Waals surface area contributed by atoms with E-state index in [0.717, 1.165) is 24.7 Å². The number of aryl methyl sites for hydroxylation is 2. The Kier molecular flexibility index (Phi) is 7.82. The van der Waals surface area contributed by atoms with Crippen molar-refractivity contribution in [3.63, 3.8) is 0 Å². The first-order chi connectivity index (χ1) is 15.2. The molecule has 2 atom stereocenters. The number of benzene rings is 2. The van der Waals surface area contributed by atoms with Crippen molar-refractivity contribution in [1.82, 2.24) is 5.32 Å². The van der Waals surface area contributed by atoms with Crippen LogP contribution in [0, 0.1) is 0 Å². The third-order valence-corrected chi connectivity index (χ3v) is 7.14. The topological polar surface area (TPSA) is 75.7 Å². The van der Waals surface area contributed by atoms with Crippen molar-refractivity contribution in [2.45, 2.75) is 65.0 Å². The maximum Gasteiger partial charge on any atom is 0.244 e. The molecule has 6 nitrogen and oxygen atoms in total. The van der Waals surface area contributed by atoms with Crippen molar-refractivity contribution >= 4 is 21.6 Å². The lowest BCUT2D eigenvalue weighted by Crippen LogP contribution is -2.49. The second kappa shape index (κ2) is 10.4. The quantitative estimate of drug-likeness (QED) is 0.605. The highest BCUT2D eigenvalue weighted by molar-refractivity contribution is 7.92. The summed E-state index contributed by atoms with van der Waals surface area (Å²) in [5.74, 6) is 0.347. The predicted octanol–water partition coefficient (Wildman–Crippen LogP) is 4.39. The second-order valence-corrected chi connectivity index (χ2v) is 10.2. The van der Waals surface area contributed by atoms with E-state index in [1.54, 1.807) is 24.3 Å². The maximum atomic E-state index is 13.2. The number of ether oxygens (including phenoxy) is 1. The molecule has 1 N–H and O–H groups in total. The summed E-state index contributed by atoms with van der Waals surface area (Å²) in [5.41, 5.74) is 4.23. The van der Waals surface area contributed by atoms with Gasteiger partial charge in [-0.25, -0.2) is 8.42 Å². The predicted molar refractivity (Wildman–Crippen MR) is 129 cm³/mol. The average Bonchev–Trinajstić information content (AvgIpc) is 2.77. The number of anilines is 1. The summed E-state index contributed by atoms with van der Waals surface area (Å²) in [6.07, 6.45) is 6.08. The molecule has 1 aliphatic rings. The lowest BCUT2D eigenvalue weighted by atomic mass is 9.89. The van der Waals surface area contributed by atoms with Crippen molar-refractivity contribution in [2.24, 2.45) is 0 Å². The summed E-state index contributed by atoms with van der Waals surface area (Å²) in [6, 6.07) is 12.1. The fraction of sp³-hybridized carbons (Fsp3) is 0.480. The monoisotopic (exact) mass is 458 g/mol. The summed E-state index contributed by atoms with van der Waals surface area (Å²) in [5, 5.41) is 3.04. The van der Waals surface area contributed by atoms with Gasteiger partial charge in [-0.05, 0) is 86.9 Å². The minimum atomic E-state index is -3.68. The van der Waals surface area contributed by atoms with Crippen LogP contribution < -0.4 is 14.4 Å². The molecule has 0 unspecified atom stereocenters. The Morgan fingerprint density at radius 1 is 1.06 bits per heavy atom. The van der Waals surface area contributed by atoms with Crippen LogP contribution in [0.15, 0.2) is 42.5 Å². The fourth-order valence-corrected chi connectivity index (χ4v) is 5.54. The van der Waals surface area contributed by atoms with E-state index in [0.29, 0.717) is 24.5 Å². The molecule has 0 saturated heterocycles. The molecule has 0 saturated carbocycles. The van der Waals surface area contributed by atoms with Crippen LogP contribution in [-0.4, -0.2) is 33.2 Å². The molecule has 0 fully saturated rings. The van der Waals surface area contributed by atoms with Gasteiger partial charge in [-0.2, -0.15) is 0 Å². The van der Waals surface area contributed by atoms with Crippen LogP contribution in [0.4, 0.5) is 5.69 Å². The van der Waals surface area contributed by atoms with Gasteiger partial charge in [0.1, 0.15) is 11.8 Å². The fourth-order valence-electron chi connectivity index (χ4n) is 4.33. The third kappa shape index (κ3) is 5.63. The molecule has 1 amide bonds. The molecule has 0 spiro atoms. The summed E-state index contributed by atoms with van der Waals surface area (Å²) in [7, 11) is -3.68. The Morgan fingerprint density at radius 3 is 2.31 bits per heavy atom. The van der Waals surface area contributed by atoms with E-state index in [-0.39, 0.29) is 11.9 Å². The summed E-state index contributed by atoms with van der Waals surface area (Å²) >= 11 is 0. The van der Waals surface area contributed by atoms with Crippen LogP contribution in [0.2, 0.25) is 0 Å². The molecule has 0 aliphatic heterocycles. The number of hydrogen-bond donors (Lipinski definition) is 1. The highest BCUT2D eigenvalue weighted by Crippen LogP contribution is 2.27. The van der Waals surface area contributed by atoms with Crippen LogP contribution in [0.3, 0.4) is 0 Å². The molecule has 2 aromatic carbocycles. The number of sulfonamides is 1. The van der Waals surface area contributed by atoms with Gasteiger partial charge in [-0.1, -0.05) is 25.1 Å². The van der Waals surface area contributed by atoms with Gasteiger partial charge >= 0.3 is 0 Å². The third-order valence-electron chi connectivity index (χ3n) is 5.96. The van der Waals surface area contributed by atoms with Crippen LogP contribution in [0.1, 0.15) is 62.8 Å². The molecule has 0 radical (unpaired) electrons. The standard InChI is InChI=1S/C25H34N2O4S/c1-5-24(27(32(4,29)30)22-13-15-23(16-14-22)31-6-2)25(28)26-18(3)20-12-11-19-9-7-8-10-21(19)17-20/h11-18,24H,5-10H2,1-4H3,(H,26,28)/t18-,24-/m1/s1. The summed E-state index contributed by atoms with van der Waals surface area (Å²) in [6.45, 7) is 6.17. The molecule has 0 bridgehead atoms. The van der Waals surface area contributed by atoms with Crippen LogP contribution in [-0.2, 0) is 27.7 Å². The highest BCUT2D eigenvalue weighted by atomic mass is 32.2. The molecule has 7 heteroatoms. The molecule has 0 aromatic heterocycles. The number of carbonyl (C=O) groups excluding carboxylic acids is 1. The van der Waals surface area contributed by atoms with Crippen molar-refractivity contribution in [3.8, 4) is 5.75 Å². The number of nitrogens with one attached hydrogen (secondary N) is 1. The van der Waals surface area contributed by atoms with Crippen LogP contribution in [0.5, 0.6) is 5.75 Å². The van der Waals surface area contributed by atoms with Crippen molar-refractivity contribution in [2.75, 3.05) is 17.2 Å². The zero-order valence-electron chi connectivity index (χ0n) is 19.4. The molecular formula is C25H34N2O4S. The molecule has 174 valence electrons. The van der Waals surface area contributed by atoms with E-state index >= 15 is 0 Å². The van der Waals surface area contributed by atoms with Crippen LogP contribution in [0.25, 0.3) is 0 Å². The Bertz CT molecular complexity index is 1030. The highest BCUT2D eigenvalue weighted by Gasteiger charge is 2.32. The zero-order chi connectivity index (χ0) is 23.3. The first-order valence-electron chi connectivity index (χ1n) is 11.4. The number of carbonyl (C=O) groups is 1. The average molecular weight is 459 g/mol. The lowest BCUT2D eigenvalue weighted by molar-refractivity contribution is -0.122. The molecule has 3 rings (SSSR count).